The number of nitrogens with zero attached hydrogens (tertiary/aromatic N) is 5. The highest BCUT2D eigenvalue weighted by Gasteiger charge is 2.32. The topological polar surface area (TPSA) is 140 Å². The number of anilines is 5. The Balaban J connectivity index is 0.00000120. The van der Waals surface area contributed by atoms with Gasteiger partial charge in [-0.3, -0.25) is 19.4 Å². The summed E-state index contributed by atoms with van der Waals surface area (Å²) < 4.78 is 5.88. The Morgan fingerprint density at radius 1 is 0.961 bits per heavy atom. The second-order valence-corrected chi connectivity index (χ2v) is 12.1. The minimum atomic E-state index is -0.833. The van der Waals surface area contributed by atoms with E-state index in [1.54, 1.807) is 42.4 Å². The minimum absolute atomic E-state index is 0.208. The van der Waals surface area contributed by atoms with Crippen molar-refractivity contribution in [2.24, 2.45) is 0 Å². The standard InChI is InChI=1S/C36H36ClN7O3.C2H4O2/c1-4-43(5-2)18-19-47-30-15-12-28(13-16-30)40-35-38-22-27-23-44(36(46)42(3)33(27)41-35)32-21-29(14-17-31(32)37)39-34(45)26-11-10-24-8-6-7-9-25(24)20-26;1-2(3)4/h6-17,20-22H,4-5,18-19,23H2,1-3H3,(H,39,45)(H,38,40,41);1H3,(H,3,4). The van der Waals surface area contributed by atoms with Gasteiger partial charge in [0.25, 0.3) is 11.9 Å². The number of halogens is 1. The molecule has 12 nitrogen and oxygen atoms in total. The normalized spacial score (nSPS) is 12.2. The van der Waals surface area contributed by atoms with Crippen molar-refractivity contribution in [1.82, 2.24) is 14.9 Å². The first-order chi connectivity index (χ1) is 24.6. The zero-order valence-corrected chi connectivity index (χ0v) is 29.6. The van der Waals surface area contributed by atoms with Crippen LogP contribution in [0.15, 0.2) is 91.1 Å². The summed E-state index contributed by atoms with van der Waals surface area (Å²) in [5.74, 6) is 0.554. The van der Waals surface area contributed by atoms with Gasteiger partial charge in [0.1, 0.15) is 18.2 Å². The molecule has 1 aliphatic heterocycles. The van der Waals surface area contributed by atoms with Gasteiger partial charge in [-0.2, -0.15) is 4.98 Å². The summed E-state index contributed by atoms with van der Waals surface area (Å²) in [6.07, 6.45) is 1.70. The number of benzene rings is 4. The molecule has 0 radical (unpaired) electrons. The second kappa shape index (κ2) is 16.8. The molecule has 0 aliphatic carbocycles. The van der Waals surface area contributed by atoms with Crippen molar-refractivity contribution in [3.63, 3.8) is 0 Å². The predicted octanol–water partition coefficient (Wildman–Crippen LogP) is 7.67. The van der Waals surface area contributed by atoms with Crippen LogP contribution in [-0.2, 0) is 11.3 Å². The van der Waals surface area contributed by atoms with Gasteiger partial charge in [-0.25, -0.2) is 9.78 Å². The van der Waals surface area contributed by atoms with Crippen LogP contribution < -0.4 is 25.2 Å². The van der Waals surface area contributed by atoms with E-state index in [2.05, 4.69) is 39.3 Å². The molecule has 2 heterocycles. The van der Waals surface area contributed by atoms with Gasteiger partial charge in [0.2, 0.25) is 5.95 Å². The lowest BCUT2D eigenvalue weighted by atomic mass is 10.1. The van der Waals surface area contributed by atoms with Crippen molar-refractivity contribution >= 4 is 69.1 Å². The third kappa shape index (κ3) is 9.30. The number of ether oxygens (including phenoxy) is 1. The number of carbonyl (C=O) groups is 3. The molecule has 264 valence electrons. The lowest BCUT2D eigenvalue weighted by molar-refractivity contribution is -0.134. The van der Waals surface area contributed by atoms with Crippen LogP contribution in [0, 0.1) is 0 Å². The van der Waals surface area contributed by atoms with E-state index < -0.39 is 5.97 Å². The highest BCUT2D eigenvalue weighted by molar-refractivity contribution is 6.34. The number of carboxylic acids is 1. The Bertz CT molecular complexity index is 2020. The van der Waals surface area contributed by atoms with Crippen molar-refractivity contribution < 1.29 is 24.2 Å². The van der Waals surface area contributed by atoms with Crippen molar-refractivity contribution in [2.75, 3.05) is 53.7 Å². The molecule has 0 atom stereocenters. The van der Waals surface area contributed by atoms with Crippen LogP contribution in [0.4, 0.5) is 33.6 Å². The Morgan fingerprint density at radius 2 is 1.65 bits per heavy atom. The number of urea groups is 1. The maximum Gasteiger partial charge on any atom is 0.330 e. The van der Waals surface area contributed by atoms with Crippen LogP contribution in [0.5, 0.6) is 5.75 Å². The molecule has 13 heteroatoms. The third-order valence-electron chi connectivity index (χ3n) is 8.19. The van der Waals surface area contributed by atoms with Crippen LogP contribution in [0.25, 0.3) is 10.8 Å². The third-order valence-corrected chi connectivity index (χ3v) is 8.51. The smallest absolute Gasteiger partial charge is 0.330 e. The lowest BCUT2D eigenvalue weighted by Crippen LogP contribution is -2.46. The van der Waals surface area contributed by atoms with Gasteiger partial charge in [-0.15, -0.1) is 0 Å². The number of carboxylic acid groups (broad SMARTS) is 1. The number of aromatic nitrogens is 2. The fourth-order valence-electron chi connectivity index (χ4n) is 5.48. The monoisotopic (exact) mass is 709 g/mol. The van der Waals surface area contributed by atoms with Crippen molar-refractivity contribution in [2.45, 2.75) is 27.3 Å². The van der Waals surface area contributed by atoms with Gasteiger partial charge in [-0.1, -0.05) is 55.8 Å². The van der Waals surface area contributed by atoms with Crippen molar-refractivity contribution in [3.05, 3.63) is 107 Å². The van der Waals surface area contributed by atoms with Crippen LogP contribution in [-0.4, -0.2) is 71.2 Å². The fraction of sp³-hybridized carbons (Fsp3) is 0.237. The first-order valence-corrected chi connectivity index (χ1v) is 16.9. The van der Waals surface area contributed by atoms with Crippen LogP contribution in [0.2, 0.25) is 5.02 Å². The summed E-state index contributed by atoms with van der Waals surface area (Å²) in [6, 6.07) is 25.8. The molecule has 5 aromatic rings. The molecule has 0 saturated carbocycles. The molecule has 0 bridgehead atoms. The molecular weight excluding hydrogens is 670 g/mol. The van der Waals surface area contributed by atoms with Gasteiger partial charge in [-0.05, 0) is 78.5 Å². The van der Waals surface area contributed by atoms with E-state index in [4.69, 9.17) is 26.2 Å². The first-order valence-electron chi connectivity index (χ1n) is 16.5. The number of fused-ring (bicyclic) bond motifs is 2. The van der Waals surface area contributed by atoms with E-state index in [1.807, 2.05) is 60.7 Å². The van der Waals surface area contributed by atoms with E-state index in [0.717, 1.165) is 54.3 Å². The van der Waals surface area contributed by atoms with Gasteiger partial charge in [0.15, 0.2) is 0 Å². The number of nitrogens with one attached hydrogen (secondary N) is 2. The van der Waals surface area contributed by atoms with E-state index in [1.165, 1.54) is 4.90 Å². The zero-order valence-electron chi connectivity index (χ0n) is 28.9. The van der Waals surface area contributed by atoms with Crippen molar-refractivity contribution in [3.8, 4) is 5.75 Å². The molecular formula is C38H40ClN7O5. The molecule has 1 aliphatic rings. The first kappa shape index (κ1) is 36.6. The number of amides is 3. The summed E-state index contributed by atoms with van der Waals surface area (Å²) in [6.45, 7) is 9.06. The Kier molecular flexibility index (Phi) is 12.0. The summed E-state index contributed by atoms with van der Waals surface area (Å²) in [4.78, 5) is 50.2. The molecule has 0 unspecified atom stereocenters. The number of carbonyl (C=O) groups excluding carboxylic acids is 2. The molecule has 0 saturated heterocycles. The van der Waals surface area contributed by atoms with Gasteiger partial charge in [0.05, 0.1) is 17.3 Å². The number of aliphatic carboxylic acids is 1. The summed E-state index contributed by atoms with van der Waals surface area (Å²) in [7, 11) is 1.66. The Morgan fingerprint density at radius 3 is 2.35 bits per heavy atom. The number of hydrogen-bond donors (Lipinski definition) is 3. The van der Waals surface area contributed by atoms with Crippen molar-refractivity contribution in [1.29, 1.82) is 0 Å². The van der Waals surface area contributed by atoms with Crippen LogP contribution >= 0.6 is 11.6 Å². The number of hydrogen-bond acceptors (Lipinski definition) is 8. The summed E-state index contributed by atoms with van der Waals surface area (Å²) >= 11 is 6.59. The van der Waals surface area contributed by atoms with E-state index in [-0.39, 0.29) is 18.5 Å². The van der Waals surface area contributed by atoms with E-state index in [0.29, 0.717) is 40.3 Å². The molecule has 0 fully saturated rings. The van der Waals surface area contributed by atoms with E-state index in [9.17, 15) is 9.59 Å². The Labute approximate surface area is 301 Å². The number of likely N-dealkylation sites (N-methyl/N-ethyl adjacent to an activating group) is 1. The van der Waals surface area contributed by atoms with E-state index >= 15 is 0 Å². The van der Waals surface area contributed by atoms with Gasteiger partial charge < -0.3 is 25.4 Å². The zero-order chi connectivity index (χ0) is 36.5. The largest absolute Gasteiger partial charge is 0.492 e. The molecule has 0 spiro atoms. The van der Waals surface area contributed by atoms with Crippen LogP contribution in [0.3, 0.4) is 0 Å². The highest BCUT2D eigenvalue weighted by atomic mass is 35.5. The maximum absolute atomic E-state index is 13.6. The average Bonchev–Trinajstić information content (AvgIpc) is 3.13. The van der Waals surface area contributed by atoms with Crippen LogP contribution in [0.1, 0.15) is 36.7 Å². The molecule has 51 heavy (non-hydrogen) atoms. The lowest BCUT2D eigenvalue weighted by Gasteiger charge is -2.34. The van der Waals surface area contributed by atoms with Gasteiger partial charge in [0, 0.05) is 49.2 Å². The SMILES string of the molecule is CC(=O)O.CCN(CC)CCOc1ccc(Nc2ncc3c(n2)N(C)C(=O)N(c2cc(NC(=O)c4ccc5ccccc5c4)ccc2Cl)C3)cc1. The fourth-order valence-corrected chi connectivity index (χ4v) is 5.70. The van der Waals surface area contributed by atoms with Gasteiger partial charge >= 0.3 is 6.03 Å². The average molecular weight is 710 g/mol. The summed E-state index contributed by atoms with van der Waals surface area (Å²) in [5.41, 5.74) is 3.05. The molecule has 3 N–H and O–H groups in total. The maximum atomic E-state index is 13.6. The Hall–Kier alpha value is -5.72. The molecule has 4 aromatic carbocycles. The number of rotatable bonds is 11. The molecule has 6 rings (SSSR count). The predicted molar refractivity (Wildman–Crippen MR) is 202 cm³/mol. The summed E-state index contributed by atoms with van der Waals surface area (Å²) in [5, 5.41) is 16.0. The minimum Gasteiger partial charge on any atom is -0.492 e. The molecule has 1 aromatic heterocycles. The highest BCUT2D eigenvalue weighted by Crippen LogP contribution is 2.36. The molecule has 3 amide bonds. The second-order valence-electron chi connectivity index (χ2n) is 11.7. The quantitative estimate of drug-likeness (QED) is 0.126.